The van der Waals surface area contributed by atoms with Gasteiger partial charge < -0.3 is 10.7 Å². The number of aromatic amines is 1. The molecule has 0 aliphatic heterocycles. The molecule has 2 rings (SSSR count). The van der Waals surface area contributed by atoms with Gasteiger partial charge in [0.25, 0.3) is 0 Å². The largest absolute Gasteiger partial charge is 0.388 e. The molecule has 0 amide bonds. The highest BCUT2D eigenvalue weighted by Crippen LogP contribution is 2.28. The number of halogens is 2. The lowest BCUT2D eigenvalue weighted by Gasteiger charge is -1.95. The third-order valence-corrected chi connectivity index (χ3v) is 3.71. The number of imidazole rings is 1. The summed E-state index contributed by atoms with van der Waals surface area (Å²) < 4.78 is 0. The number of nitrogens with one attached hydrogen (secondary N) is 2. The molecule has 0 radical (unpaired) electrons. The van der Waals surface area contributed by atoms with Crippen molar-refractivity contribution in [3.05, 3.63) is 22.2 Å². The monoisotopic (exact) mass is 288 g/mol. The highest BCUT2D eigenvalue weighted by molar-refractivity contribution is 7.99. The second-order valence-electron chi connectivity index (χ2n) is 3.45. The first kappa shape index (κ1) is 12.5. The molecule has 1 aromatic carbocycles. The number of nitrogens with zero attached hydrogens (tertiary/aromatic N) is 1. The molecule has 4 N–H and O–H groups in total. The molecule has 7 heteroatoms. The van der Waals surface area contributed by atoms with Crippen molar-refractivity contribution in [3.63, 3.8) is 0 Å². The smallest absolute Gasteiger partial charge is 0.166 e. The molecule has 0 aliphatic carbocycles. The summed E-state index contributed by atoms with van der Waals surface area (Å²) in [5, 5.41) is 8.89. The Morgan fingerprint density at radius 3 is 2.82 bits per heavy atom. The van der Waals surface area contributed by atoms with E-state index < -0.39 is 0 Å². The Balaban J connectivity index is 2.17. The Bertz CT molecular complexity index is 528. The Hall–Kier alpha value is -0.910. The molecule has 0 atom stereocenters. The minimum Gasteiger partial charge on any atom is -0.388 e. The normalized spacial score (nSPS) is 10.9. The van der Waals surface area contributed by atoms with Gasteiger partial charge in [-0.15, -0.1) is 0 Å². The van der Waals surface area contributed by atoms with E-state index in [1.807, 2.05) is 0 Å². The molecular weight excluding hydrogens is 279 g/mol. The van der Waals surface area contributed by atoms with Crippen molar-refractivity contribution >= 4 is 51.8 Å². The van der Waals surface area contributed by atoms with E-state index in [0.29, 0.717) is 16.5 Å². The van der Waals surface area contributed by atoms with E-state index in [1.54, 1.807) is 12.1 Å². The molecule has 0 saturated carbocycles. The summed E-state index contributed by atoms with van der Waals surface area (Å²) in [6.07, 6.45) is 0.545. The van der Waals surface area contributed by atoms with Gasteiger partial charge in [0.15, 0.2) is 5.16 Å². The second-order valence-corrected chi connectivity index (χ2v) is 5.35. The van der Waals surface area contributed by atoms with Gasteiger partial charge >= 0.3 is 0 Å². The Morgan fingerprint density at radius 2 is 2.12 bits per heavy atom. The van der Waals surface area contributed by atoms with Crippen molar-refractivity contribution in [2.45, 2.75) is 11.6 Å². The van der Waals surface area contributed by atoms with Crippen LogP contribution >= 0.6 is 35.0 Å². The fourth-order valence-corrected chi connectivity index (χ4v) is 2.49. The first-order valence-electron chi connectivity index (χ1n) is 4.86. The fourth-order valence-electron chi connectivity index (χ4n) is 1.31. The van der Waals surface area contributed by atoms with E-state index in [9.17, 15) is 0 Å². The Kier molecular flexibility index (Phi) is 3.81. The van der Waals surface area contributed by atoms with Gasteiger partial charge in [0.2, 0.25) is 0 Å². The number of nitrogens with two attached hydrogens (primary N) is 1. The molecule has 1 aromatic heterocycles. The van der Waals surface area contributed by atoms with Gasteiger partial charge in [-0.3, -0.25) is 5.41 Å². The number of H-pyrrole nitrogens is 1. The van der Waals surface area contributed by atoms with Crippen molar-refractivity contribution in [2.24, 2.45) is 5.73 Å². The van der Waals surface area contributed by atoms with Crippen LogP contribution in [0.25, 0.3) is 11.0 Å². The average Bonchev–Trinajstić information content (AvgIpc) is 2.60. The first-order valence-corrected chi connectivity index (χ1v) is 6.61. The van der Waals surface area contributed by atoms with E-state index in [4.69, 9.17) is 34.3 Å². The number of benzene rings is 1. The highest BCUT2D eigenvalue weighted by atomic mass is 35.5. The zero-order chi connectivity index (χ0) is 12.4. The molecule has 1 heterocycles. The molecular formula is C10H10Cl2N4S. The molecule has 17 heavy (non-hydrogen) atoms. The molecule has 0 unspecified atom stereocenters. The number of hydrogen-bond donors (Lipinski definition) is 3. The van der Waals surface area contributed by atoms with Crippen molar-refractivity contribution < 1.29 is 0 Å². The minimum atomic E-state index is 0.180. The molecule has 0 fully saturated rings. The summed E-state index contributed by atoms with van der Waals surface area (Å²) in [5.41, 5.74) is 6.91. The lowest BCUT2D eigenvalue weighted by atomic mass is 10.3. The lowest BCUT2D eigenvalue weighted by molar-refractivity contribution is 1.07. The van der Waals surface area contributed by atoms with Crippen molar-refractivity contribution in [1.29, 1.82) is 5.41 Å². The van der Waals surface area contributed by atoms with Gasteiger partial charge in [-0.2, -0.15) is 0 Å². The van der Waals surface area contributed by atoms with Crippen LogP contribution in [0.15, 0.2) is 17.3 Å². The van der Waals surface area contributed by atoms with E-state index in [-0.39, 0.29) is 5.84 Å². The number of fused-ring (bicyclic) bond motifs is 1. The Morgan fingerprint density at radius 1 is 1.41 bits per heavy atom. The van der Waals surface area contributed by atoms with Crippen molar-refractivity contribution in [3.8, 4) is 0 Å². The van der Waals surface area contributed by atoms with E-state index in [0.717, 1.165) is 21.9 Å². The van der Waals surface area contributed by atoms with Gasteiger partial charge in [-0.25, -0.2) is 4.98 Å². The first-order chi connectivity index (χ1) is 8.06. The topological polar surface area (TPSA) is 78.6 Å². The van der Waals surface area contributed by atoms with E-state index in [2.05, 4.69) is 9.97 Å². The summed E-state index contributed by atoms with van der Waals surface area (Å²) in [6, 6.07) is 3.48. The summed E-state index contributed by atoms with van der Waals surface area (Å²) >= 11 is 13.3. The second kappa shape index (κ2) is 5.16. The molecule has 0 aliphatic rings. The van der Waals surface area contributed by atoms with Crippen LogP contribution in [0.4, 0.5) is 0 Å². The molecule has 2 aromatic rings. The quantitative estimate of drug-likeness (QED) is 0.459. The Labute approximate surface area is 112 Å². The number of rotatable bonds is 4. The molecule has 0 bridgehead atoms. The van der Waals surface area contributed by atoms with Crippen LogP contribution in [-0.2, 0) is 0 Å². The zero-order valence-electron chi connectivity index (χ0n) is 8.76. The number of aromatic nitrogens is 2. The highest BCUT2D eigenvalue weighted by Gasteiger charge is 2.07. The number of amidine groups is 1. The van der Waals surface area contributed by atoms with Crippen molar-refractivity contribution in [1.82, 2.24) is 9.97 Å². The number of hydrogen-bond acceptors (Lipinski definition) is 3. The van der Waals surface area contributed by atoms with Crippen LogP contribution in [0.3, 0.4) is 0 Å². The molecule has 0 spiro atoms. The molecule has 4 nitrogen and oxygen atoms in total. The predicted molar refractivity (Wildman–Crippen MR) is 73.4 cm³/mol. The lowest BCUT2D eigenvalue weighted by Crippen LogP contribution is -2.09. The molecule has 0 saturated heterocycles. The SMILES string of the molecule is N=C(N)CCSc1nc2cc(Cl)c(Cl)cc2[nH]1. The predicted octanol–water partition coefficient (Wildman–Crippen LogP) is 3.29. The van der Waals surface area contributed by atoms with Gasteiger partial charge in [-0.05, 0) is 12.1 Å². The summed E-state index contributed by atoms with van der Waals surface area (Å²) in [5.74, 6) is 0.899. The van der Waals surface area contributed by atoms with Crippen LogP contribution in [0, 0.1) is 5.41 Å². The van der Waals surface area contributed by atoms with Gasteiger partial charge in [-0.1, -0.05) is 35.0 Å². The summed E-state index contributed by atoms with van der Waals surface area (Å²) in [7, 11) is 0. The standard InChI is InChI=1S/C10H10Cl2N4S/c11-5-3-7-8(4-6(5)12)16-10(15-7)17-2-1-9(13)14/h3-4H,1-2H2,(H3,13,14)(H,15,16). The van der Waals surface area contributed by atoms with E-state index >= 15 is 0 Å². The average molecular weight is 289 g/mol. The van der Waals surface area contributed by atoms with Crippen LogP contribution in [0.1, 0.15) is 6.42 Å². The summed E-state index contributed by atoms with van der Waals surface area (Å²) in [4.78, 5) is 7.50. The molecule has 90 valence electrons. The van der Waals surface area contributed by atoms with Gasteiger partial charge in [0, 0.05) is 12.2 Å². The maximum atomic E-state index is 7.12. The van der Waals surface area contributed by atoms with Crippen LogP contribution in [0.5, 0.6) is 0 Å². The van der Waals surface area contributed by atoms with Crippen molar-refractivity contribution in [2.75, 3.05) is 5.75 Å². The third-order valence-electron chi connectivity index (χ3n) is 2.11. The number of thioether (sulfide) groups is 1. The minimum absolute atomic E-state index is 0.180. The maximum Gasteiger partial charge on any atom is 0.166 e. The zero-order valence-corrected chi connectivity index (χ0v) is 11.1. The third kappa shape index (κ3) is 3.06. The summed E-state index contributed by atoms with van der Waals surface area (Å²) in [6.45, 7) is 0. The van der Waals surface area contributed by atoms with E-state index in [1.165, 1.54) is 11.8 Å². The fraction of sp³-hybridized carbons (Fsp3) is 0.200. The maximum absolute atomic E-state index is 7.12. The van der Waals surface area contributed by atoms with Crippen LogP contribution in [-0.4, -0.2) is 21.6 Å². The van der Waals surface area contributed by atoms with Crippen LogP contribution in [0.2, 0.25) is 10.0 Å². The van der Waals surface area contributed by atoms with Gasteiger partial charge in [0.1, 0.15) is 0 Å². The van der Waals surface area contributed by atoms with Crippen LogP contribution < -0.4 is 5.73 Å². The van der Waals surface area contributed by atoms with Gasteiger partial charge in [0.05, 0.1) is 26.9 Å².